The summed E-state index contributed by atoms with van der Waals surface area (Å²) in [7, 11) is 1.47. The molecule has 5 rings (SSSR count). The van der Waals surface area contributed by atoms with E-state index in [2.05, 4.69) is 15.3 Å². The summed E-state index contributed by atoms with van der Waals surface area (Å²) in [5, 5.41) is 12.3. The van der Waals surface area contributed by atoms with Crippen molar-refractivity contribution in [2.75, 3.05) is 24.7 Å². The first-order valence-electron chi connectivity index (χ1n) is 13.5. The number of rotatable bonds is 7. The van der Waals surface area contributed by atoms with Gasteiger partial charge in [-0.1, -0.05) is 6.07 Å². The Labute approximate surface area is 251 Å². The molecule has 2 N–H and O–H groups in total. The molecule has 45 heavy (non-hydrogen) atoms. The monoisotopic (exact) mass is 630 g/mol. The summed E-state index contributed by atoms with van der Waals surface area (Å²) in [6.07, 6.45) is -0.912. The fourth-order valence-electron chi connectivity index (χ4n) is 5.20. The third-order valence-electron chi connectivity index (χ3n) is 7.49. The number of hydrogen-bond donors (Lipinski definition) is 2. The molecule has 1 aliphatic rings. The van der Waals surface area contributed by atoms with Gasteiger partial charge >= 0.3 is 17.8 Å². The number of ether oxygens (including phenoxy) is 1. The van der Waals surface area contributed by atoms with E-state index in [4.69, 9.17) is 4.74 Å². The molecule has 16 heteroatoms. The largest absolute Gasteiger partial charge is 0.480 e. The van der Waals surface area contributed by atoms with Crippen LogP contribution >= 0.6 is 0 Å². The van der Waals surface area contributed by atoms with Crippen LogP contribution < -0.4 is 21.5 Å². The highest BCUT2D eigenvalue weighted by atomic mass is 19.4. The summed E-state index contributed by atoms with van der Waals surface area (Å²) in [5.74, 6) is -3.67. The van der Waals surface area contributed by atoms with Gasteiger partial charge in [0, 0.05) is 38.1 Å². The molecule has 2 atom stereocenters. The minimum Gasteiger partial charge on any atom is -0.480 e. The van der Waals surface area contributed by atoms with Crippen LogP contribution in [0.15, 0.2) is 58.5 Å². The van der Waals surface area contributed by atoms with Gasteiger partial charge in [0.25, 0.3) is 11.5 Å². The molecular formula is C29H26F4N6O6. The number of amides is 1. The number of carbonyl (C=O) groups is 2. The number of benzene rings is 1. The van der Waals surface area contributed by atoms with Gasteiger partial charge in [0.2, 0.25) is 0 Å². The lowest BCUT2D eigenvalue weighted by atomic mass is 10.0. The Morgan fingerprint density at radius 3 is 2.58 bits per heavy atom. The standard InChI is InChI=1S/C29H26F4N6O6/c1-15-9-17(38-7-8-45-14-22(38)29(31,32)33)11-19(30)24(15)25(40)36-20(27(42)43)10-16-3-4-23(35-12-16)39-26(41)18-5-6-34-13-21(18)37(2)28(39)44/h3-6,9,11-13,20,22H,7-8,10,14H2,1-2H3,(H,36,40)(H,42,43)/t20?,22-/m1/s1. The van der Waals surface area contributed by atoms with E-state index in [1.807, 2.05) is 0 Å². The SMILES string of the molecule is Cc1cc(N2CCOC[C@@H]2C(F)(F)F)cc(F)c1C(=O)NC(Cc1ccc(-n2c(=O)c3ccncc3n(C)c2=O)nc1)C(=O)O. The summed E-state index contributed by atoms with van der Waals surface area (Å²) in [6.45, 7) is 0.553. The minimum absolute atomic E-state index is 0.00101. The number of pyridine rings is 2. The van der Waals surface area contributed by atoms with Crippen molar-refractivity contribution in [2.24, 2.45) is 7.05 Å². The molecule has 0 aliphatic carbocycles. The van der Waals surface area contributed by atoms with Gasteiger partial charge in [0.1, 0.15) is 23.7 Å². The average molecular weight is 631 g/mol. The van der Waals surface area contributed by atoms with E-state index >= 15 is 4.39 Å². The Bertz CT molecular complexity index is 1880. The van der Waals surface area contributed by atoms with Crippen molar-refractivity contribution in [1.29, 1.82) is 0 Å². The van der Waals surface area contributed by atoms with Gasteiger partial charge in [-0.25, -0.2) is 23.5 Å². The lowest BCUT2D eigenvalue weighted by Crippen LogP contribution is -2.53. The molecule has 0 spiro atoms. The van der Waals surface area contributed by atoms with Crippen molar-refractivity contribution in [3.05, 3.63) is 92.3 Å². The molecule has 236 valence electrons. The van der Waals surface area contributed by atoms with Gasteiger partial charge in [-0.3, -0.25) is 19.1 Å². The van der Waals surface area contributed by atoms with E-state index in [-0.39, 0.29) is 42.0 Å². The maximum atomic E-state index is 15.2. The molecule has 4 aromatic rings. The van der Waals surface area contributed by atoms with E-state index in [1.54, 1.807) is 0 Å². The Morgan fingerprint density at radius 1 is 1.18 bits per heavy atom. The summed E-state index contributed by atoms with van der Waals surface area (Å²) >= 11 is 0. The van der Waals surface area contributed by atoms with Crippen molar-refractivity contribution in [3.63, 3.8) is 0 Å². The van der Waals surface area contributed by atoms with Gasteiger partial charge in [-0.2, -0.15) is 13.2 Å². The predicted octanol–water partition coefficient (Wildman–Crippen LogP) is 2.12. The molecule has 0 radical (unpaired) electrons. The highest BCUT2D eigenvalue weighted by Crippen LogP contribution is 2.33. The molecule has 1 fully saturated rings. The van der Waals surface area contributed by atoms with Gasteiger partial charge in [-0.05, 0) is 42.3 Å². The quantitative estimate of drug-likeness (QED) is 0.293. The number of halogens is 4. The zero-order valence-electron chi connectivity index (χ0n) is 23.8. The van der Waals surface area contributed by atoms with Crippen LogP contribution in [0.3, 0.4) is 0 Å². The number of carboxylic acids is 1. The summed E-state index contributed by atoms with van der Waals surface area (Å²) in [5.41, 5.74) is -1.28. The molecule has 4 heterocycles. The molecule has 12 nitrogen and oxygen atoms in total. The Hall–Kier alpha value is -5.12. The van der Waals surface area contributed by atoms with Crippen molar-refractivity contribution in [1.82, 2.24) is 24.4 Å². The zero-order valence-corrected chi connectivity index (χ0v) is 23.8. The molecule has 1 aromatic carbocycles. The summed E-state index contributed by atoms with van der Waals surface area (Å²) in [4.78, 5) is 60.0. The van der Waals surface area contributed by atoms with E-state index < -0.39 is 59.4 Å². The first-order chi connectivity index (χ1) is 21.3. The number of nitrogens with one attached hydrogen (secondary N) is 1. The van der Waals surface area contributed by atoms with E-state index in [9.17, 15) is 37.5 Å². The number of carboxylic acid groups (broad SMARTS) is 1. The van der Waals surface area contributed by atoms with Crippen LogP contribution in [0.1, 0.15) is 21.5 Å². The number of fused-ring (bicyclic) bond motifs is 1. The maximum Gasteiger partial charge on any atom is 0.411 e. The Morgan fingerprint density at radius 2 is 1.93 bits per heavy atom. The zero-order chi connectivity index (χ0) is 32.6. The molecule has 0 bridgehead atoms. The van der Waals surface area contributed by atoms with Gasteiger partial charge in [0.15, 0.2) is 0 Å². The lowest BCUT2D eigenvalue weighted by molar-refractivity contribution is -0.167. The Balaban J connectivity index is 1.36. The van der Waals surface area contributed by atoms with E-state index in [0.29, 0.717) is 11.1 Å². The van der Waals surface area contributed by atoms with Crippen molar-refractivity contribution >= 4 is 28.5 Å². The maximum absolute atomic E-state index is 15.2. The normalized spacial score (nSPS) is 16.0. The molecule has 1 unspecified atom stereocenters. The highest BCUT2D eigenvalue weighted by Gasteiger charge is 2.45. The lowest BCUT2D eigenvalue weighted by Gasteiger charge is -2.38. The summed E-state index contributed by atoms with van der Waals surface area (Å²) < 4.78 is 62.8. The van der Waals surface area contributed by atoms with Crippen molar-refractivity contribution in [2.45, 2.75) is 31.6 Å². The van der Waals surface area contributed by atoms with Crippen LogP contribution in [0.25, 0.3) is 16.7 Å². The number of anilines is 1. The number of hydrogen-bond acceptors (Lipinski definition) is 8. The Kier molecular flexibility index (Phi) is 8.42. The number of aromatic nitrogens is 4. The van der Waals surface area contributed by atoms with Crippen molar-refractivity contribution in [3.8, 4) is 5.82 Å². The number of morpholine rings is 1. The molecule has 1 amide bonds. The van der Waals surface area contributed by atoms with Crippen LogP contribution in [0.5, 0.6) is 0 Å². The van der Waals surface area contributed by atoms with Gasteiger partial charge in [0.05, 0.1) is 35.9 Å². The average Bonchev–Trinajstić information content (AvgIpc) is 2.99. The minimum atomic E-state index is -4.64. The van der Waals surface area contributed by atoms with Gasteiger partial charge < -0.3 is 20.1 Å². The molecule has 1 aliphatic heterocycles. The van der Waals surface area contributed by atoms with Crippen LogP contribution in [0.4, 0.5) is 23.2 Å². The fourth-order valence-corrected chi connectivity index (χ4v) is 5.20. The van der Waals surface area contributed by atoms with Crippen LogP contribution in [0, 0.1) is 12.7 Å². The first-order valence-corrected chi connectivity index (χ1v) is 13.5. The smallest absolute Gasteiger partial charge is 0.411 e. The molecule has 3 aromatic heterocycles. The second-order valence-corrected chi connectivity index (χ2v) is 10.4. The first kappa shape index (κ1) is 31.3. The molecule has 1 saturated heterocycles. The second kappa shape index (κ2) is 12.1. The topological polar surface area (TPSA) is 149 Å². The van der Waals surface area contributed by atoms with Crippen LogP contribution in [-0.2, 0) is 23.0 Å². The second-order valence-electron chi connectivity index (χ2n) is 10.4. The molecule has 0 saturated carbocycles. The van der Waals surface area contributed by atoms with E-state index in [0.717, 1.165) is 15.5 Å². The number of carbonyl (C=O) groups excluding carboxylic acids is 1. The number of nitrogens with zero attached hydrogens (tertiary/aromatic N) is 5. The highest BCUT2D eigenvalue weighted by molar-refractivity contribution is 5.98. The third kappa shape index (κ3) is 6.13. The van der Waals surface area contributed by atoms with Crippen LogP contribution in [0.2, 0.25) is 0 Å². The number of aliphatic carboxylic acids is 1. The third-order valence-corrected chi connectivity index (χ3v) is 7.49. The predicted molar refractivity (Wildman–Crippen MR) is 152 cm³/mol. The number of aryl methyl sites for hydroxylation is 2. The molecular weight excluding hydrogens is 604 g/mol. The number of alkyl halides is 3. The summed E-state index contributed by atoms with van der Waals surface area (Å²) in [6, 6.07) is 2.71. The van der Waals surface area contributed by atoms with Gasteiger partial charge in [-0.15, -0.1) is 0 Å². The van der Waals surface area contributed by atoms with E-state index in [1.165, 1.54) is 61.4 Å². The van der Waals surface area contributed by atoms with Crippen molar-refractivity contribution < 1.29 is 37.0 Å². The van der Waals surface area contributed by atoms with Crippen LogP contribution in [-0.4, -0.2) is 74.1 Å². The fraction of sp³-hybridized carbons (Fsp3) is 0.310.